The number of nitrogens with one attached hydrogen (secondary N) is 1. The topological polar surface area (TPSA) is 53.9 Å². The van der Waals surface area contributed by atoms with Gasteiger partial charge >= 0.3 is 0 Å². The predicted octanol–water partition coefficient (Wildman–Crippen LogP) is 3.20. The maximum Gasteiger partial charge on any atom is 0.228 e. The molecule has 1 unspecified atom stereocenters. The molecule has 0 bridgehead atoms. The van der Waals surface area contributed by atoms with Crippen molar-refractivity contribution < 1.29 is 0 Å². The van der Waals surface area contributed by atoms with Crippen LogP contribution in [0.2, 0.25) is 0 Å². The normalized spacial score (nSPS) is 22.0. The Morgan fingerprint density at radius 3 is 2.78 bits per heavy atom. The van der Waals surface area contributed by atoms with Gasteiger partial charge in [-0.2, -0.15) is 0 Å². The van der Waals surface area contributed by atoms with Crippen molar-refractivity contribution in [3.05, 3.63) is 42.4 Å². The van der Waals surface area contributed by atoms with E-state index < -0.39 is 0 Å². The van der Waals surface area contributed by atoms with Crippen LogP contribution in [0.25, 0.3) is 0 Å². The van der Waals surface area contributed by atoms with Gasteiger partial charge < -0.3 is 10.2 Å². The Kier molecular flexibility index (Phi) is 4.20. The quantitative estimate of drug-likeness (QED) is 0.919. The average Bonchev–Trinajstić information content (AvgIpc) is 3.40. The van der Waals surface area contributed by atoms with Crippen LogP contribution in [0, 0.1) is 5.92 Å². The maximum absolute atomic E-state index is 4.80. The van der Waals surface area contributed by atoms with Crippen LogP contribution in [0.5, 0.6) is 0 Å². The standard InChI is InChI=1S/C18H23N5/c1-5-16(15-4-2-11-23(13-15)12-14-7-8-14)21-17(6-1)22-18-19-9-3-10-20-18/h1,3,5-6,9-10,14-15H,2,4,7-8,11-13H2,(H,19,20,21,22). The number of nitrogens with zero attached hydrogens (tertiary/aromatic N) is 4. The van der Waals surface area contributed by atoms with Gasteiger partial charge in [-0.3, -0.25) is 0 Å². The zero-order valence-electron chi connectivity index (χ0n) is 13.4. The van der Waals surface area contributed by atoms with Crippen LogP contribution in [-0.4, -0.2) is 39.5 Å². The van der Waals surface area contributed by atoms with E-state index in [4.69, 9.17) is 4.98 Å². The van der Waals surface area contributed by atoms with Crippen LogP contribution in [0.3, 0.4) is 0 Å². The van der Waals surface area contributed by atoms with Crippen LogP contribution in [0.1, 0.15) is 37.3 Å². The van der Waals surface area contributed by atoms with Gasteiger partial charge in [0.15, 0.2) is 0 Å². The highest BCUT2D eigenvalue weighted by Crippen LogP contribution is 2.33. The number of anilines is 2. The molecule has 1 N–H and O–H groups in total. The van der Waals surface area contributed by atoms with Crippen molar-refractivity contribution in [2.75, 3.05) is 25.0 Å². The first-order valence-electron chi connectivity index (χ1n) is 8.60. The molecule has 2 aromatic heterocycles. The fourth-order valence-electron chi connectivity index (χ4n) is 3.35. The predicted molar refractivity (Wildman–Crippen MR) is 90.7 cm³/mol. The van der Waals surface area contributed by atoms with Gasteiger partial charge in [0.2, 0.25) is 5.95 Å². The summed E-state index contributed by atoms with van der Waals surface area (Å²) >= 11 is 0. The van der Waals surface area contributed by atoms with Gasteiger partial charge in [0, 0.05) is 37.1 Å². The first kappa shape index (κ1) is 14.6. The summed E-state index contributed by atoms with van der Waals surface area (Å²) in [4.78, 5) is 15.8. The molecule has 0 aromatic carbocycles. The Morgan fingerprint density at radius 1 is 1.09 bits per heavy atom. The van der Waals surface area contributed by atoms with Crippen molar-refractivity contribution in [3.8, 4) is 0 Å². The number of likely N-dealkylation sites (tertiary alicyclic amines) is 1. The number of aromatic nitrogens is 3. The lowest BCUT2D eigenvalue weighted by molar-refractivity contribution is 0.199. The van der Waals surface area contributed by atoms with Crippen molar-refractivity contribution in [1.82, 2.24) is 19.9 Å². The molecular weight excluding hydrogens is 286 g/mol. The maximum atomic E-state index is 4.80. The Balaban J connectivity index is 1.44. The molecule has 1 saturated carbocycles. The van der Waals surface area contributed by atoms with Gasteiger partial charge in [-0.1, -0.05) is 6.07 Å². The largest absolute Gasteiger partial charge is 0.309 e. The number of rotatable bonds is 5. The van der Waals surface area contributed by atoms with Crippen molar-refractivity contribution >= 4 is 11.8 Å². The second-order valence-corrected chi connectivity index (χ2v) is 6.69. The van der Waals surface area contributed by atoms with Crippen LogP contribution in [0.15, 0.2) is 36.7 Å². The fourth-order valence-corrected chi connectivity index (χ4v) is 3.35. The Labute approximate surface area is 137 Å². The monoisotopic (exact) mass is 309 g/mol. The fraction of sp³-hybridized carbons (Fsp3) is 0.500. The van der Waals surface area contributed by atoms with E-state index in [2.05, 4.69) is 32.3 Å². The summed E-state index contributed by atoms with van der Waals surface area (Å²) in [5, 5.41) is 3.19. The lowest BCUT2D eigenvalue weighted by Gasteiger charge is -2.32. The zero-order valence-corrected chi connectivity index (χ0v) is 13.4. The lowest BCUT2D eigenvalue weighted by atomic mass is 9.94. The van der Waals surface area contributed by atoms with Crippen LogP contribution in [-0.2, 0) is 0 Å². The second kappa shape index (κ2) is 6.62. The molecule has 2 aromatic rings. The van der Waals surface area contributed by atoms with Crippen molar-refractivity contribution in [2.45, 2.75) is 31.6 Å². The molecule has 4 rings (SSSR count). The van der Waals surface area contributed by atoms with E-state index in [-0.39, 0.29) is 0 Å². The molecule has 0 amide bonds. The minimum Gasteiger partial charge on any atom is -0.309 e. The molecule has 0 radical (unpaired) electrons. The second-order valence-electron chi connectivity index (χ2n) is 6.69. The van der Waals surface area contributed by atoms with Crippen molar-refractivity contribution in [2.24, 2.45) is 5.92 Å². The summed E-state index contributed by atoms with van der Waals surface area (Å²) in [6.45, 7) is 3.68. The van der Waals surface area contributed by atoms with E-state index in [0.717, 1.165) is 18.3 Å². The molecule has 23 heavy (non-hydrogen) atoms. The Morgan fingerprint density at radius 2 is 1.96 bits per heavy atom. The zero-order chi connectivity index (χ0) is 15.5. The molecule has 2 aliphatic rings. The summed E-state index contributed by atoms with van der Waals surface area (Å²) in [5.74, 6) is 2.93. The molecule has 0 spiro atoms. The SMILES string of the molecule is c1cnc(Nc2cccc(C3CCCN(CC4CC4)C3)n2)nc1. The molecule has 5 nitrogen and oxygen atoms in total. The molecule has 1 aliphatic carbocycles. The van der Waals surface area contributed by atoms with Crippen molar-refractivity contribution in [1.29, 1.82) is 0 Å². The Bertz CT molecular complexity index is 641. The first-order valence-corrected chi connectivity index (χ1v) is 8.60. The van der Waals surface area contributed by atoms with Crippen LogP contribution in [0.4, 0.5) is 11.8 Å². The highest BCUT2D eigenvalue weighted by molar-refractivity contribution is 5.47. The summed E-state index contributed by atoms with van der Waals surface area (Å²) in [6, 6.07) is 8.02. The highest BCUT2D eigenvalue weighted by atomic mass is 15.1. The van der Waals surface area contributed by atoms with Gasteiger partial charge in [-0.25, -0.2) is 15.0 Å². The molecule has 1 atom stereocenters. The van der Waals surface area contributed by atoms with E-state index in [0.29, 0.717) is 11.9 Å². The molecule has 3 heterocycles. The summed E-state index contributed by atoms with van der Waals surface area (Å²) in [5.41, 5.74) is 1.19. The van der Waals surface area contributed by atoms with Crippen LogP contribution >= 0.6 is 0 Å². The number of hydrogen-bond acceptors (Lipinski definition) is 5. The van der Waals surface area contributed by atoms with Gasteiger partial charge in [0.25, 0.3) is 0 Å². The third-order valence-electron chi connectivity index (χ3n) is 4.71. The summed E-state index contributed by atoms with van der Waals surface area (Å²) in [6.07, 6.45) is 8.83. The molecule has 2 fully saturated rings. The number of pyridine rings is 1. The van der Waals surface area contributed by atoms with Crippen LogP contribution < -0.4 is 5.32 Å². The lowest BCUT2D eigenvalue weighted by Crippen LogP contribution is -2.36. The minimum atomic E-state index is 0.543. The summed E-state index contributed by atoms with van der Waals surface area (Å²) < 4.78 is 0. The highest BCUT2D eigenvalue weighted by Gasteiger charge is 2.28. The molecule has 120 valence electrons. The third-order valence-corrected chi connectivity index (χ3v) is 4.71. The first-order chi connectivity index (χ1) is 11.4. The minimum absolute atomic E-state index is 0.543. The van der Waals surface area contributed by atoms with E-state index in [1.54, 1.807) is 12.4 Å². The van der Waals surface area contributed by atoms with E-state index in [1.165, 1.54) is 44.5 Å². The summed E-state index contributed by atoms with van der Waals surface area (Å²) in [7, 11) is 0. The van der Waals surface area contributed by atoms with Gasteiger partial charge in [-0.15, -0.1) is 0 Å². The van der Waals surface area contributed by atoms with Gasteiger partial charge in [0.1, 0.15) is 5.82 Å². The van der Waals surface area contributed by atoms with E-state index >= 15 is 0 Å². The molecule has 1 saturated heterocycles. The van der Waals surface area contributed by atoms with Crippen molar-refractivity contribution in [3.63, 3.8) is 0 Å². The van der Waals surface area contributed by atoms with Gasteiger partial charge in [0.05, 0.1) is 0 Å². The molecule has 5 heteroatoms. The molecular formula is C18H23N5. The van der Waals surface area contributed by atoms with E-state index in [1.807, 2.05) is 12.1 Å². The third kappa shape index (κ3) is 3.85. The average molecular weight is 309 g/mol. The number of piperidine rings is 1. The van der Waals surface area contributed by atoms with Gasteiger partial charge in [-0.05, 0) is 56.3 Å². The van der Waals surface area contributed by atoms with E-state index in [9.17, 15) is 0 Å². The number of hydrogen-bond donors (Lipinski definition) is 1. The smallest absolute Gasteiger partial charge is 0.228 e. The Hall–Kier alpha value is -2.01. The molecule has 1 aliphatic heterocycles.